The predicted molar refractivity (Wildman–Crippen MR) is 79.3 cm³/mol. The number of carbonyl (C=O) groups is 1. The van der Waals surface area contributed by atoms with Crippen molar-refractivity contribution in [1.29, 1.82) is 0 Å². The Hall–Kier alpha value is -1.16. The monoisotopic (exact) mass is 320 g/mol. The first-order chi connectivity index (χ1) is 9.20. The van der Waals surface area contributed by atoms with Crippen molar-refractivity contribution in [3.8, 4) is 0 Å². The summed E-state index contributed by atoms with van der Waals surface area (Å²) in [7, 11) is 0. The molecule has 0 aliphatic heterocycles. The molecular formula is C15H17BrN2O. The molecule has 100 valence electrons. The third-order valence-electron chi connectivity index (χ3n) is 3.51. The number of aliphatic imine (C=N–C) groups is 1. The van der Waals surface area contributed by atoms with Crippen LogP contribution in [0.5, 0.6) is 0 Å². The Morgan fingerprint density at radius 2 is 1.89 bits per heavy atom. The molecular weight excluding hydrogens is 304 g/mol. The van der Waals surface area contributed by atoms with E-state index in [0.29, 0.717) is 0 Å². The highest BCUT2D eigenvalue weighted by Crippen LogP contribution is 2.22. The van der Waals surface area contributed by atoms with E-state index < -0.39 is 6.04 Å². The molecule has 1 unspecified atom stereocenters. The maximum absolute atomic E-state index is 12.2. The average Bonchev–Trinajstić information content (AvgIpc) is 2.43. The van der Waals surface area contributed by atoms with Gasteiger partial charge in [-0.15, -0.1) is 0 Å². The van der Waals surface area contributed by atoms with Gasteiger partial charge in [0, 0.05) is 10.5 Å². The molecule has 1 aliphatic carbocycles. The molecule has 1 atom stereocenters. The normalized spacial score (nSPS) is 17.7. The lowest BCUT2D eigenvalue weighted by Gasteiger charge is -2.24. The van der Waals surface area contributed by atoms with E-state index in [1.807, 2.05) is 24.3 Å². The van der Waals surface area contributed by atoms with Gasteiger partial charge in [0.25, 0.3) is 0 Å². The molecule has 1 saturated carbocycles. The summed E-state index contributed by atoms with van der Waals surface area (Å²) < 4.78 is 0.952. The lowest BCUT2D eigenvalue weighted by Crippen LogP contribution is -2.38. The average molecular weight is 321 g/mol. The van der Waals surface area contributed by atoms with Gasteiger partial charge < -0.3 is 5.32 Å². The van der Waals surface area contributed by atoms with Crippen LogP contribution in [0.2, 0.25) is 0 Å². The van der Waals surface area contributed by atoms with Crippen molar-refractivity contribution in [3.05, 3.63) is 34.3 Å². The van der Waals surface area contributed by atoms with Crippen LogP contribution in [0.4, 0.5) is 0 Å². The molecule has 0 bridgehead atoms. The molecule has 1 aromatic rings. The van der Waals surface area contributed by atoms with Crippen LogP contribution in [0.3, 0.4) is 0 Å². The number of hydrogen-bond acceptors (Lipinski definition) is 2. The minimum Gasteiger partial charge on any atom is -0.351 e. The molecule has 0 aromatic heterocycles. The number of amides is 1. The number of hydrogen-bond donors (Lipinski definition) is 1. The predicted octanol–water partition coefficient (Wildman–Crippen LogP) is 3.39. The molecule has 0 spiro atoms. The fraction of sp³-hybridized carbons (Fsp3) is 0.467. The number of nitrogens with one attached hydrogen (secondary N) is 1. The molecule has 4 heteroatoms. The number of nitrogens with zero attached hydrogens (tertiary/aromatic N) is 1. The molecule has 2 radical (unpaired) electrons. The van der Waals surface area contributed by atoms with Gasteiger partial charge in [-0.25, -0.2) is 0 Å². The quantitative estimate of drug-likeness (QED) is 0.849. The van der Waals surface area contributed by atoms with E-state index in [1.54, 1.807) is 0 Å². The van der Waals surface area contributed by atoms with Crippen molar-refractivity contribution in [2.75, 3.05) is 0 Å². The smallest absolute Gasteiger partial charge is 0.249 e. The van der Waals surface area contributed by atoms with E-state index in [0.717, 1.165) is 22.9 Å². The Balaban J connectivity index is 2.02. The molecule has 0 heterocycles. The summed E-state index contributed by atoms with van der Waals surface area (Å²) in [6.07, 6.45) is 5.68. The summed E-state index contributed by atoms with van der Waals surface area (Å²) in [5.41, 5.74) is 0.756. The van der Waals surface area contributed by atoms with E-state index in [9.17, 15) is 4.79 Å². The van der Waals surface area contributed by atoms with Crippen molar-refractivity contribution in [2.45, 2.75) is 44.2 Å². The standard InChI is InChI=1S/C15H17BrN2O/c1-17-14(11-7-9-12(16)10-8-11)15(19)18-13-5-3-2-4-6-13/h7-10,13-14H,2-6H2,(H,18,19). The van der Waals surface area contributed by atoms with Crippen molar-refractivity contribution in [1.82, 2.24) is 5.32 Å². The SMILES string of the molecule is [C]=NC(C(=O)NC1CCCCC1)c1ccc(Br)cc1. The van der Waals surface area contributed by atoms with Crippen LogP contribution < -0.4 is 5.32 Å². The highest BCUT2D eigenvalue weighted by Gasteiger charge is 2.22. The van der Waals surface area contributed by atoms with Crippen LogP contribution in [0.25, 0.3) is 0 Å². The molecule has 1 aromatic carbocycles. The van der Waals surface area contributed by atoms with Crippen LogP contribution in [0.15, 0.2) is 33.7 Å². The molecule has 1 fully saturated rings. The Bertz CT molecular complexity index is 438. The van der Waals surface area contributed by atoms with Crippen molar-refractivity contribution in [3.63, 3.8) is 0 Å². The molecule has 19 heavy (non-hydrogen) atoms. The molecule has 1 amide bonds. The van der Waals surface area contributed by atoms with Crippen LogP contribution in [-0.2, 0) is 4.79 Å². The largest absolute Gasteiger partial charge is 0.351 e. The number of halogens is 1. The number of rotatable bonds is 4. The lowest BCUT2D eigenvalue weighted by atomic mass is 9.95. The summed E-state index contributed by atoms with van der Waals surface area (Å²) in [5, 5.41) is 3.02. The summed E-state index contributed by atoms with van der Waals surface area (Å²) in [6, 6.07) is 6.90. The van der Waals surface area contributed by atoms with E-state index in [1.165, 1.54) is 19.3 Å². The number of carbonyl (C=O) groups excluding carboxylic acids is 1. The van der Waals surface area contributed by atoms with Crippen LogP contribution >= 0.6 is 15.9 Å². The maximum atomic E-state index is 12.2. The molecule has 1 aliphatic rings. The Labute approximate surface area is 122 Å². The minimum atomic E-state index is -0.727. The van der Waals surface area contributed by atoms with Crippen LogP contribution in [-0.4, -0.2) is 18.7 Å². The van der Waals surface area contributed by atoms with Crippen molar-refractivity contribution >= 4 is 28.6 Å². The highest BCUT2D eigenvalue weighted by molar-refractivity contribution is 9.10. The van der Waals surface area contributed by atoms with Crippen molar-refractivity contribution < 1.29 is 4.79 Å². The first-order valence-corrected chi connectivity index (χ1v) is 7.42. The van der Waals surface area contributed by atoms with Gasteiger partial charge in [0.1, 0.15) is 6.72 Å². The van der Waals surface area contributed by atoms with Gasteiger partial charge in [-0.05, 0) is 30.5 Å². The maximum Gasteiger partial charge on any atom is 0.249 e. The summed E-state index contributed by atoms with van der Waals surface area (Å²) in [6.45, 7) is 7.25. The topological polar surface area (TPSA) is 41.5 Å². The molecule has 1 N–H and O–H groups in total. The zero-order chi connectivity index (χ0) is 13.7. The summed E-state index contributed by atoms with van der Waals surface area (Å²) in [5.74, 6) is -0.163. The first-order valence-electron chi connectivity index (χ1n) is 6.63. The lowest BCUT2D eigenvalue weighted by molar-refractivity contribution is -0.123. The minimum absolute atomic E-state index is 0.163. The second-order valence-electron chi connectivity index (χ2n) is 4.93. The van der Waals surface area contributed by atoms with Gasteiger partial charge in [0.05, 0.1) is 0 Å². The first kappa shape index (κ1) is 14.3. The summed E-state index contributed by atoms with van der Waals surface area (Å²) in [4.78, 5) is 15.7. The van der Waals surface area contributed by atoms with Crippen LogP contribution in [0, 0.1) is 0 Å². The highest BCUT2D eigenvalue weighted by atomic mass is 79.9. The van der Waals surface area contributed by atoms with E-state index in [2.05, 4.69) is 26.2 Å². The Kier molecular flexibility index (Phi) is 5.14. The van der Waals surface area contributed by atoms with Gasteiger partial charge in [-0.3, -0.25) is 9.79 Å². The molecule has 3 nitrogen and oxygen atoms in total. The number of benzene rings is 1. The third-order valence-corrected chi connectivity index (χ3v) is 4.04. The van der Waals surface area contributed by atoms with Gasteiger partial charge in [-0.1, -0.05) is 47.3 Å². The van der Waals surface area contributed by atoms with E-state index >= 15 is 0 Å². The zero-order valence-electron chi connectivity index (χ0n) is 10.7. The fourth-order valence-corrected chi connectivity index (χ4v) is 2.72. The zero-order valence-corrected chi connectivity index (χ0v) is 12.3. The second kappa shape index (κ2) is 6.85. The molecule has 2 rings (SSSR count). The Morgan fingerprint density at radius 1 is 1.26 bits per heavy atom. The van der Waals surface area contributed by atoms with Gasteiger partial charge in [0.15, 0.2) is 6.04 Å². The van der Waals surface area contributed by atoms with E-state index in [-0.39, 0.29) is 11.9 Å². The Morgan fingerprint density at radius 3 is 2.47 bits per heavy atom. The third kappa shape index (κ3) is 3.90. The van der Waals surface area contributed by atoms with E-state index in [4.69, 9.17) is 6.72 Å². The summed E-state index contributed by atoms with van der Waals surface area (Å²) >= 11 is 3.36. The van der Waals surface area contributed by atoms with Crippen LogP contribution in [0.1, 0.15) is 43.7 Å². The molecule has 0 saturated heterocycles. The van der Waals surface area contributed by atoms with Crippen molar-refractivity contribution in [2.24, 2.45) is 4.99 Å². The fourth-order valence-electron chi connectivity index (χ4n) is 2.46. The van der Waals surface area contributed by atoms with Gasteiger partial charge in [-0.2, -0.15) is 0 Å². The van der Waals surface area contributed by atoms with Gasteiger partial charge in [0.2, 0.25) is 5.91 Å². The second-order valence-corrected chi connectivity index (χ2v) is 5.84. The van der Waals surface area contributed by atoms with Gasteiger partial charge >= 0.3 is 0 Å².